The Morgan fingerprint density at radius 2 is 1.94 bits per heavy atom. The van der Waals surface area contributed by atoms with Gasteiger partial charge in [0, 0.05) is 30.6 Å². The van der Waals surface area contributed by atoms with E-state index in [9.17, 15) is 9.50 Å². The lowest BCUT2D eigenvalue weighted by Gasteiger charge is -2.34. The zero-order chi connectivity index (χ0) is 23.7. The third-order valence-corrected chi connectivity index (χ3v) is 7.07. The standard InChI is InChI=1S/C25H28ClFN4O3/c1-33-22-12-21-18(25(29-14-28-21)30-20-4-2-3-19(26)24(20)27)11-23(22)34-17-7-5-15(6-8-17)31-10-9-16(32)13-31/h2-4,11-12,14-17,32H,5-10,13H2,1H3,(H,28,29,30)/t15-,16-,17+/m1/s1. The van der Waals surface area contributed by atoms with Gasteiger partial charge in [-0.1, -0.05) is 17.7 Å². The molecule has 0 radical (unpaired) electrons. The maximum absolute atomic E-state index is 14.5. The van der Waals surface area contributed by atoms with E-state index >= 15 is 0 Å². The van der Waals surface area contributed by atoms with Crippen LogP contribution in [0, 0.1) is 5.82 Å². The van der Waals surface area contributed by atoms with E-state index in [0.29, 0.717) is 34.3 Å². The Kier molecular flexibility index (Phi) is 6.72. The molecule has 180 valence electrons. The van der Waals surface area contributed by atoms with Gasteiger partial charge in [0.1, 0.15) is 12.1 Å². The molecule has 2 aromatic carbocycles. The molecular formula is C25H28ClFN4O3. The highest BCUT2D eigenvalue weighted by molar-refractivity contribution is 6.31. The van der Waals surface area contributed by atoms with Gasteiger partial charge in [-0.05, 0) is 50.3 Å². The monoisotopic (exact) mass is 486 g/mol. The van der Waals surface area contributed by atoms with Gasteiger partial charge >= 0.3 is 0 Å². The molecule has 0 unspecified atom stereocenters. The fourth-order valence-corrected chi connectivity index (χ4v) is 5.13. The molecule has 2 N–H and O–H groups in total. The van der Waals surface area contributed by atoms with Gasteiger partial charge in [0.15, 0.2) is 17.3 Å². The fraction of sp³-hybridized carbons (Fsp3) is 0.440. The SMILES string of the molecule is COc1cc2ncnc(Nc3cccc(Cl)c3F)c2cc1O[C@H]1CC[C@@H](N2CC[C@@H](O)C2)CC1. The number of aliphatic hydroxyl groups is 1. The molecule has 0 bridgehead atoms. The van der Waals surface area contributed by atoms with Crippen LogP contribution in [0.15, 0.2) is 36.7 Å². The first-order chi connectivity index (χ1) is 16.5. The van der Waals surface area contributed by atoms with E-state index in [1.54, 1.807) is 19.2 Å². The summed E-state index contributed by atoms with van der Waals surface area (Å²) in [5.74, 6) is 1.12. The maximum atomic E-state index is 14.5. The topological polar surface area (TPSA) is 79.7 Å². The Bertz CT molecular complexity index is 1170. The van der Waals surface area contributed by atoms with Crippen molar-refractivity contribution in [2.24, 2.45) is 0 Å². The summed E-state index contributed by atoms with van der Waals surface area (Å²) in [7, 11) is 1.60. The summed E-state index contributed by atoms with van der Waals surface area (Å²) in [6.07, 6.45) is 6.11. The molecule has 2 fully saturated rings. The van der Waals surface area contributed by atoms with Crippen molar-refractivity contribution in [2.45, 2.75) is 50.4 Å². The van der Waals surface area contributed by atoms with E-state index in [2.05, 4.69) is 20.2 Å². The minimum Gasteiger partial charge on any atom is -0.493 e. The normalized spacial score (nSPS) is 23.2. The zero-order valence-corrected chi connectivity index (χ0v) is 19.8. The highest BCUT2D eigenvalue weighted by Gasteiger charge is 2.31. The molecule has 1 atom stereocenters. The number of aliphatic hydroxyl groups excluding tert-OH is 1. The Labute approximate surface area is 202 Å². The highest BCUT2D eigenvalue weighted by Crippen LogP contribution is 2.38. The Balaban J connectivity index is 1.36. The second-order valence-corrected chi connectivity index (χ2v) is 9.36. The molecule has 1 aliphatic carbocycles. The molecule has 34 heavy (non-hydrogen) atoms. The number of rotatable bonds is 6. The summed E-state index contributed by atoms with van der Waals surface area (Å²) in [6, 6.07) is 8.94. The van der Waals surface area contributed by atoms with Crippen LogP contribution in [0.1, 0.15) is 32.1 Å². The van der Waals surface area contributed by atoms with Crippen LogP contribution in [0.5, 0.6) is 11.5 Å². The van der Waals surface area contributed by atoms with Crippen LogP contribution in [0.25, 0.3) is 10.9 Å². The molecule has 9 heteroatoms. The van der Waals surface area contributed by atoms with Gasteiger partial charge < -0.3 is 19.9 Å². The number of anilines is 2. The summed E-state index contributed by atoms with van der Waals surface area (Å²) in [6.45, 7) is 1.75. The summed E-state index contributed by atoms with van der Waals surface area (Å²) in [5.41, 5.74) is 0.886. The second kappa shape index (κ2) is 9.90. The number of likely N-dealkylation sites (tertiary alicyclic amines) is 1. The number of nitrogens with one attached hydrogen (secondary N) is 1. The van der Waals surface area contributed by atoms with Crippen LogP contribution in [-0.2, 0) is 0 Å². The first-order valence-corrected chi connectivity index (χ1v) is 12.0. The predicted octanol–water partition coefficient (Wildman–Crippen LogP) is 4.93. The van der Waals surface area contributed by atoms with E-state index in [4.69, 9.17) is 21.1 Å². The summed E-state index contributed by atoms with van der Waals surface area (Å²) in [4.78, 5) is 11.1. The summed E-state index contributed by atoms with van der Waals surface area (Å²) >= 11 is 5.93. The minimum atomic E-state index is -0.539. The summed E-state index contributed by atoms with van der Waals surface area (Å²) < 4.78 is 26.4. The van der Waals surface area contributed by atoms with Crippen LogP contribution >= 0.6 is 11.6 Å². The first kappa shape index (κ1) is 23.1. The van der Waals surface area contributed by atoms with Gasteiger partial charge in [-0.15, -0.1) is 0 Å². The van der Waals surface area contributed by atoms with Gasteiger partial charge in [0.25, 0.3) is 0 Å². The van der Waals surface area contributed by atoms with Crippen molar-refractivity contribution in [1.82, 2.24) is 14.9 Å². The van der Waals surface area contributed by atoms with Crippen molar-refractivity contribution < 1.29 is 19.0 Å². The lowest BCUT2D eigenvalue weighted by molar-refractivity contribution is 0.0887. The minimum absolute atomic E-state index is 0.0353. The Hall–Kier alpha value is -2.68. The van der Waals surface area contributed by atoms with Gasteiger partial charge in [0.05, 0.1) is 35.5 Å². The molecule has 1 saturated carbocycles. The molecule has 1 aromatic heterocycles. The summed E-state index contributed by atoms with van der Waals surface area (Å²) in [5, 5.41) is 13.6. The third-order valence-electron chi connectivity index (χ3n) is 6.77. The molecule has 0 amide bonds. The average molecular weight is 487 g/mol. The van der Waals surface area contributed by atoms with E-state index in [1.807, 2.05) is 12.1 Å². The number of fused-ring (bicyclic) bond motifs is 1. The molecule has 1 saturated heterocycles. The number of hydrogen-bond donors (Lipinski definition) is 2. The molecule has 0 spiro atoms. The van der Waals surface area contributed by atoms with Crippen LogP contribution < -0.4 is 14.8 Å². The average Bonchev–Trinajstić information content (AvgIpc) is 3.28. The van der Waals surface area contributed by atoms with Crippen molar-refractivity contribution in [2.75, 3.05) is 25.5 Å². The van der Waals surface area contributed by atoms with Crippen LogP contribution in [0.3, 0.4) is 0 Å². The zero-order valence-electron chi connectivity index (χ0n) is 19.0. The van der Waals surface area contributed by atoms with Gasteiger partial charge in [-0.3, -0.25) is 4.90 Å². The van der Waals surface area contributed by atoms with Crippen molar-refractivity contribution >= 4 is 34.0 Å². The molecule has 7 nitrogen and oxygen atoms in total. The number of nitrogens with zero attached hydrogens (tertiary/aromatic N) is 3. The Morgan fingerprint density at radius 1 is 1.12 bits per heavy atom. The number of methoxy groups -OCH3 is 1. The Morgan fingerprint density at radius 3 is 2.68 bits per heavy atom. The van der Waals surface area contributed by atoms with Crippen LogP contribution in [0.4, 0.5) is 15.9 Å². The molecule has 1 aliphatic heterocycles. The van der Waals surface area contributed by atoms with Crippen molar-refractivity contribution in [3.63, 3.8) is 0 Å². The fourth-order valence-electron chi connectivity index (χ4n) is 4.95. The van der Waals surface area contributed by atoms with E-state index in [0.717, 1.165) is 45.2 Å². The lowest BCUT2D eigenvalue weighted by Crippen LogP contribution is -2.39. The van der Waals surface area contributed by atoms with E-state index in [1.165, 1.54) is 12.4 Å². The van der Waals surface area contributed by atoms with Crippen molar-refractivity contribution in [3.05, 3.63) is 47.5 Å². The number of aromatic nitrogens is 2. The van der Waals surface area contributed by atoms with E-state index < -0.39 is 5.82 Å². The largest absolute Gasteiger partial charge is 0.493 e. The quantitative estimate of drug-likeness (QED) is 0.511. The van der Waals surface area contributed by atoms with Crippen molar-refractivity contribution in [3.8, 4) is 11.5 Å². The lowest BCUT2D eigenvalue weighted by atomic mass is 9.92. The highest BCUT2D eigenvalue weighted by atomic mass is 35.5. The predicted molar refractivity (Wildman–Crippen MR) is 130 cm³/mol. The molecule has 2 aliphatic rings. The second-order valence-electron chi connectivity index (χ2n) is 8.95. The maximum Gasteiger partial charge on any atom is 0.165 e. The van der Waals surface area contributed by atoms with Crippen molar-refractivity contribution in [1.29, 1.82) is 0 Å². The number of hydrogen-bond acceptors (Lipinski definition) is 7. The number of ether oxygens (including phenoxy) is 2. The number of β-amino-alcohol motifs (C(OH)–C–C–N with tert-alkyl or cyclic N) is 1. The first-order valence-electron chi connectivity index (χ1n) is 11.6. The van der Waals surface area contributed by atoms with Crippen LogP contribution in [-0.4, -0.2) is 58.4 Å². The number of benzene rings is 2. The van der Waals surface area contributed by atoms with Crippen LogP contribution in [0.2, 0.25) is 5.02 Å². The van der Waals surface area contributed by atoms with Gasteiger partial charge in [-0.25, -0.2) is 14.4 Å². The van der Waals surface area contributed by atoms with Gasteiger partial charge in [0.2, 0.25) is 0 Å². The molecule has 5 rings (SSSR count). The number of halogens is 2. The third kappa shape index (κ3) is 4.76. The molecular weight excluding hydrogens is 459 g/mol. The van der Waals surface area contributed by atoms with E-state index in [-0.39, 0.29) is 22.9 Å². The molecule has 2 heterocycles. The van der Waals surface area contributed by atoms with Gasteiger partial charge in [-0.2, -0.15) is 0 Å². The molecule has 3 aromatic rings. The smallest absolute Gasteiger partial charge is 0.165 e.